The quantitative estimate of drug-likeness (QED) is 0.486. The number of hydrogen-bond acceptors (Lipinski definition) is 5. The average Bonchev–Trinajstić information content (AvgIpc) is 3.07. The number of allylic oxidation sites excluding steroid dienone is 4. The largest absolute Gasteiger partial charge is 0.390 e. The standard InChI is InChI=1S/C28H33FO3S2/c1-4-33-27(34-24(32)18-8-6-5-7-9-18)15-13-21-22-11-10-19-16-20(30)12-14-25(19,2)28(22,29)23(31)17-26(21,27)3/h5-9,12,14,16,21-23,31H,4,10-11,13,15,17H2,1-3H3/t21-,22-,23-,25-,26-,27+,28-/m0/s1. The van der Waals surface area contributed by atoms with Gasteiger partial charge in [-0.2, -0.15) is 0 Å². The van der Waals surface area contributed by atoms with Crippen molar-refractivity contribution in [1.82, 2.24) is 0 Å². The van der Waals surface area contributed by atoms with Crippen LogP contribution in [0.15, 0.2) is 54.1 Å². The molecule has 1 aromatic carbocycles. The lowest BCUT2D eigenvalue weighted by Gasteiger charge is -2.63. The summed E-state index contributed by atoms with van der Waals surface area (Å²) in [6, 6.07) is 9.37. The maximum Gasteiger partial charge on any atom is 0.220 e. The molecule has 0 amide bonds. The molecule has 6 heteroatoms. The van der Waals surface area contributed by atoms with Crippen molar-refractivity contribution < 1.29 is 19.1 Å². The van der Waals surface area contributed by atoms with Crippen LogP contribution in [-0.2, 0) is 4.79 Å². The lowest BCUT2D eigenvalue weighted by atomic mass is 9.46. The summed E-state index contributed by atoms with van der Waals surface area (Å²) in [6.07, 6.45) is 6.88. The van der Waals surface area contributed by atoms with E-state index in [0.29, 0.717) is 24.8 Å². The molecule has 0 unspecified atom stereocenters. The highest BCUT2D eigenvalue weighted by molar-refractivity contribution is 8.26. The maximum atomic E-state index is 17.3. The van der Waals surface area contributed by atoms with Crippen molar-refractivity contribution in [3.05, 3.63) is 59.7 Å². The fraction of sp³-hybridized carbons (Fsp3) is 0.571. The van der Waals surface area contributed by atoms with Gasteiger partial charge in [0.15, 0.2) is 11.5 Å². The predicted molar refractivity (Wildman–Crippen MR) is 138 cm³/mol. The molecule has 0 saturated heterocycles. The molecular weight excluding hydrogens is 467 g/mol. The van der Waals surface area contributed by atoms with E-state index < -0.39 is 21.3 Å². The molecule has 4 aliphatic rings. The molecule has 1 aromatic rings. The van der Waals surface area contributed by atoms with Crippen molar-refractivity contribution in [2.75, 3.05) is 5.75 Å². The number of ketones is 1. The third-order valence-corrected chi connectivity index (χ3v) is 12.8. The molecule has 3 nitrogen and oxygen atoms in total. The Kier molecular flexibility index (Phi) is 5.97. The zero-order chi connectivity index (χ0) is 24.4. The van der Waals surface area contributed by atoms with Crippen molar-refractivity contribution in [3.63, 3.8) is 0 Å². The zero-order valence-corrected chi connectivity index (χ0v) is 21.7. The van der Waals surface area contributed by atoms with Gasteiger partial charge in [-0.25, -0.2) is 4.39 Å². The Labute approximate surface area is 210 Å². The van der Waals surface area contributed by atoms with Crippen molar-refractivity contribution in [2.45, 2.75) is 68.7 Å². The molecule has 4 aliphatic carbocycles. The van der Waals surface area contributed by atoms with Crippen molar-refractivity contribution in [1.29, 1.82) is 0 Å². The molecule has 182 valence electrons. The summed E-state index contributed by atoms with van der Waals surface area (Å²) in [6.45, 7) is 6.16. The van der Waals surface area contributed by atoms with Crippen LogP contribution in [0.25, 0.3) is 0 Å². The van der Waals surface area contributed by atoms with E-state index in [1.807, 2.05) is 37.3 Å². The van der Waals surface area contributed by atoms with Crippen LogP contribution in [0.5, 0.6) is 0 Å². The first-order chi connectivity index (χ1) is 16.1. The van der Waals surface area contributed by atoms with E-state index in [1.165, 1.54) is 17.8 Å². The van der Waals surface area contributed by atoms with Gasteiger partial charge < -0.3 is 5.11 Å². The Morgan fingerprint density at radius 1 is 1.18 bits per heavy atom. The van der Waals surface area contributed by atoms with Gasteiger partial charge in [0.05, 0.1) is 10.2 Å². The number of thioether (sulfide) groups is 2. The molecule has 0 spiro atoms. The first-order valence-corrected chi connectivity index (χ1v) is 14.1. The second-order valence-corrected chi connectivity index (χ2v) is 13.8. The van der Waals surface area contributed by atoms with E-state index >= 15 is 4.39 Å². The van der Waals surface area contributed by atoms with E-state index in [2.05, 4.69) is 13.8 Å². The first-order valence-electron chi connectivity index (χ1n) is 12.3. The minimum atomic E-state index is -1.82. The van der Waals surface area contributed by atoms with Crippen LogP contribution in [0, 0.1) is 22.7 Å². The van der Waals surface area contributed by atoms with Gasteiger partial charge in [-0.15, -0.1) is 11.8 Å². The molecule has 0 radical (unpaired) electrons. The number of aliphatic hydroxyl groups excluding tert-OH is 1. The number of aliphatic hydroxyl groups is 1. The smallest absolute Gasteiger partial charge is 0.220 e. The Balaban J connectivity index is 1.53. The summed E-state index contributed by atoms with van der Waals surface area (Å²) in [4.78, 5) is 25.4. The number of fused-ring (bicyclic) bond motifs is 5. The van der Waals surface area contributed by atoms with Gasteiger partial charge in [-0.1, -0.05) is 67.6 Å². The monoisotopic (exact) mass is 500 g/mol. The van der Waals surface area contributed by atoms with Gasteiger partial charge in [0.2, 0.25) is 5.12 Å². The molecule has 0 aliphatic heterocycles. The van der Waals surface area contributed by atoms with Gasteiger partial charge in [-0.05, 0) is 68.3 Å². The molecule has 34 heavy (non-hydrogen) atoms. The SMILES string of the molecule is CCS[C@@]1(SC(=O)c2ccccc2)CC[C@H]2[C@@H]3CCC4=CC(=O)C=C[C@]4(C)[C@@]3(F)[C@@H](O)C[C@@]21C. The van der Waals surface area contributed by atoms with Gasteiger partial charge in [0.25, 0.3) is 0 Å². The average molecular weight is 501 g/mol. The number of alkyl halides is 1. The summed E-state index contributed by atoms with van der Waals surface area (Å²) in [5.41, 5.74) is -1.68. The lowest BCUT2D eigenvalue weighted by molar-refractivity contribution is -0.189. The summed E-state index contributed by atoms with van der Waals surface area (Å²) in [5.74, 6) is 0.516. The van der Waals surface area contributed by atoms with Crippen LogP contribution in [0.4, 0.5) is 4.39 Å². The van der Waals surface area contributed by atoms with E-state index in [-0.39, 0.29) is 28.1 Å². The molecule has 1 N–H and O–H groups in total. The number of hydrogen-bond donors (Lipinski definition) is 1. The first kappa shape index (κ1) is 24.3. The third kappa shape index (κ3) is 3.20. The van der Waals surface area contributed by atoms with Crippen LogP contribution >= 0.6 is 23.5 Å². The molecule has 5 rings (SSSR count). The highest BCUT2D eigenvalue weighted by Crippen LogP contribution is 2.74. The molecule has 0 aromatic heterocycles. The number of carbonyl (C=O) groups is 2. The number of halogens is 1. The van der Waals surface area contributed by atoms with Crippen LogP contribution < -0.4 is 0 Å². The molecule has 0 bridgehead atoms. The van der Waals surface area contributed by atoms with Gasteiger partial charge in [0.1, 0.15) is 0 Å². The summed E-state index contributed by atoms with van der Waals surface area (Å²) in [7, 11) is 0. The topological polar surface area (TPSA) is 54.4 Å². The van der Waals surface area contributed by atoms with Gasteiger partial charge in [-0.3, -0.25) is 9.59 Å². The summed E-state index contributed by atoms with van der Waals surface area (Å²) < 4.78 is 16.9. The number of benzene rings is 1. The third-order valence-electron chi connectivity index (χ3n) is 9.33. The molecule has 3 fully saturated rings. The van der Waals surface area contributed by atoms with E-state index in [1.54, 1.807) is 23.9 Å². The van der Waals surface area contributed by atoms with Crippen LogP contribution in [-0.4, -0.2) is 37.6 Å². The van der Waals surface area contributed by atoms with Crippen LogP contribution in [0.1, 0.15) is 63.2 Å². The van der Waals surface area contributed by atoms with Crippen molar-refractivity contribution in [2.24, 2.45) is 22.7 Å². The molecule has 3 saturated carbocycles. The van der Waals surface area contributed by atoms with E-state index in [4.69, 9.17) is 0 Å². The summed E-state index contributed by atoms with van der Waals surface area (Å²) >= 11 is 3.19. The van der Waals surface area contributed by atoms with Gasteiger partial charge >= 0.3 is 0 Å². The zero-order valence-electron chi connectivity index (χ0n) is 20.1. The Hall–Kier alpha value is -1.37. The Morgan fingerprint density at radius 3 is 2.62 bits per heavy atom. The summed E-state index contributed by atoms with van der Waals surface area (Å²) in [5, 5.41) is 11.6. The van der Waals surface area contributed by atoms with Gasteiger partial charge in [0, 0.05) is 16.9 Å². The van der Waals surface area contributed by atoms with Crippen molar-refractivity contribution in [3.8, 4) is 0 Å². The maximum absolute atomic E-state index is 17.3. The second-order valence-electron chi connectivity index (χ2n) is 10.7. The van der Waals surface area contributed by atoms with Crippen LogP contribution in [0.3, 0.4) is 0 Å². The Morgan fingerprint density at radius 2 is 1.91 bits per heavy atom. The highest BCUT2D eigenvalue weighted by Gasteiger charge is 2.73. The predicted octanol–water partition coefficient (Wildman–Crippen LogP) is 6.38. The van der Waals surface area contributed by atoms with E-state index in [9.17, 15) is 14.7 Å². The number of carbonyl (C=O) groups excluding carboxylic acids is 2. The van der Waals surface area contributed by atoms with E-state index in [0.717, 1.165) is 24.2 Å². The fourth-order valence-corrected chi connectivity index (χ4v) is 11.0. The minimum absolute atomic E-state index is 0.0459. The lowest BCUT2D eigenvalue weighted by Crippen LogP contribution is -2.67. The number of rotatable bonds is 4. The second kappa shape index (κ2) is 8.35. The Bertz CT molecular complexity index is 1070. The molecule has 0 heterocycles. The van der Waals surface area contributed by atoms with Crippen LogP contribution in [0.2, 0.25) is 0 Å². The normalized spacial score (nSPS) is 43.0. The molecule has 7 atom stereocenters. The highest BCUT2D eigenvalue weighted by atomic mass is 32.2. The minimum Gasteiger partial charge on any atom is -0.390 e. The fourth-order valence-electron chi connectivity index (χ4n) is 7.61. The molecular formula is C28H33FO3S2. The van der Waals surface area contributed by atoms with Crippen molar-refractivity contribution >= 4 is 34.4 Å².